The average Bonchev–Trinajstić information content (AvgIpc) is 3.13. The van der Waals surface area contributed by atoms with Crippen LogP contribution in [0.3, 0.4) is 0 Å². The number of nitrogens with one attached hydrogen (secondary N) is 1. The average molecular weight is 365 g/mol. The molecule has 3 aromatic rings. The number of fused-ring (bicyclic) bond motifs is 1. The van der Waals surface area contributed by atoms with E-state index in [1.54, 1.807) is 29.2 Å². The van der Waals surface area contributed by atoms with E-state index in [9.17, 15) is 9.18 Å². The second-order valence-electron chi connectivity index (χ2n) is 6.53. The molecule has 6 heteroatoms. The maximum atomic E-state index is 13.8. The van der Waals surface area contributed by atoms with Crippen molar-refractivity contribution in [3.8, 4) is 5.75 Å². The molecule has 0 aliphatic carbocycles. The maximum Gasteiger partial charge on any atom is 0.249 e. The highest BCUT2D eigenvalue weighted by atomic mass is 19.1. The highest BCUT2D eigenvalue weighted by Crippen LogP contribution is 2.32. The molecule has 0 fully saturated rings. The van der Waals surface area contributed by atoms with Crippen LogP contribution in [0.15, 0.2) is 67.0 Å². The molecule has 2 unspecified atom stereocenters. The molecule has 0 radical (unpaired) electrons. The number of rotatable bonds is 4. The third-order valence-corrected chi connectivity index (χ3v) is 4.71. The molecule has 138 valence electrons. The minimum absolute atomic E-state index is 0.188. The van der Waals surface area contributed by atoms with Crippen LogP contribution >= 0.6 is 0 Å². The fraction of sp³-hybridized carbons (Fsp3) is 0.238. The molecule has 1 aliphatic heterocycles. The molecule has 0 bridgehead atoms. The number of ether oxygens (including phenoxy) is 1. The van der Waals surface area contributed by atoms with Gasteiger partial charge in [0.2, 0.25) is 5.91 Å². The molecule has 5 nitrogen and oxygen atoms in total. The number of carbonyl (C=O) groups is 1. The van der Waals surface area contributed by atoms with Crippen LogP contribution < -0.4 is 10.1 Å². The van der Waals surface area contributed by atoms with Gasteiger partial charge in [-0.25, -0.2) is 4.39 Å². The first-order valence-corrected chi connectivity index (χ1v) is 8.99. The van der Waals surface area contributed by atoms with Crippen LogP contribution in [0, 0.1) is 5.82 Å². The summed E-state index contributed by atoms with van der Waals surface area (Å²) in [6.07, 6.45) is 4.87. The maximum absolute atomic E-state index is 13.8. The number of hydrogen-bond acceptors (Lipinski definition) is 3. The van der Waals surface area contributed by atoms with Gasteiger partial charge in [-0.15, -0.1) is 0 Å². The summed E-state index contributed by atoms with van der Waals surface area (Å²) < 4.78 is 21.1. The van der Waals surface area contributed by atoms with E-state index in [0.717, 1.165) is 12.0 Å². The van der Waals surface area contributed by atoms with Crippen LogP contribution in [-0.4, -0.2) is 22.3 Å². The second-order valence-corrected chi connectivity index (χ2v) is 6.53. The molecule has 4 rings (SSSR count). The van der Waals surface area contributed by atoms with Gasteiger partial charge in [0.25, 0.3) is 0 Å². The van der Waals surface area contributed by atoms with Gasteiger partial charge in [0.05, 0.1) is 12.6 Å². The van der Waals surface area contributed by atoms with Crippen molar-refractivity contribution in [1.29, 1.82) is 0 Å². The summed E-state index contributed by atoms with van der Waals surface area (Å²) >= 11 is 0. The monoisotopic (exact) mass is 365 g/mol. The Morgan fingerprint density at radius 3 is 2.85 bits per heavy atom. The van der Waals surface area contributed by atoms with E-state index in [2.05, 4.69) is 10.4 Å². The summed E-state index contributed by atoms with van der Waals surface area (Å²) in [5.41, 5.74) is 1.51. The van der Waals surface area contributed by atoms with Crippen LogP contribution in [0.25, 0.3) is 0 Å². The van der Waals surface area contributed by atoms with E-state index in [1.807, 2.05) is 30.3 Å². The molecule has 1 aliphatic rings. The van der Waals surface area contributed by atoms with Crippen molar-refractivity contribution in [2.24, 2.45) is 0 Å². The number of nitrogens with zero attached hydrogens (tertiary/aromatic N) is 2. The van der Waals surface area contributed by atoms with Crippen LogP contribution in [0.4, 0.5) is 4.39 Å². The van der Waals surface area contributed by atoms with Crippen molar-refractivity contribution < 1.29 is 13.9 Å². The Bertz CT molecular complexity index is 912. The summed E-state index contributed by atoms with van der Waals surface area (Å²) in [6.45, 7) is 0.548. The Labute approximate surface area is 156 Å². The highest BCUT2D eigenvalue weighted by molar-refractivity contribution is 5.84. The standard InChI is InChI=1S/C21H20FN3O2/c22-16-9-10-19-17(14-16)18(8-4-13-27-19)24-21(26)20(25-12-5-11-23-25)15-6-2-1-3-7-15/h1-3,5-7,9-12,14,18,20H,4,8,13H2,(H,24,26). The Hall–Kier alpha value is -3.15. The van der Waals surface area contributed by atoms with Crippen molar-refractivity contribution in [2.75, 3.05) is 6.61 Å². The third-order valence-electron chi connectivity index (χ3n) is 4.71. The van der Waals surface area contributed by atoms with Crippen molar-refractivity contribution in [3.05, 3.63) is 83.9 Å². The zero-order valence-electron chi connectivity index (χ0n) is 14.7. The Morgan fingerprint density at radius 1 is 1.22 bits per heavy atom. The Morgan fingerprint density at radius 2 is 2.07 bits per heavy atom. The predicted molar refractivity (Wildman–Crippen MR) is 98.8 cm³/mol. The lowest BCUT2D eigenvalue weighted by atomic mass is 10.00. The van der Waals surface area contributed by atoms with Crippen molar-refractivity contribution in [1.82, 2.24) is 15.1 Å². The smallest absolute Gasteiger partial charge is 0.249 e. The largest absolute Gasteiger partial charge is 0.493 e. The fourth-order valence-corrected chi connectivity index (χ4v) is 3.44. The molecule has 2 atom stereocenters. The van der Waals surface area contributed by atoms with Crippen LogP contribution in [0.5, 0.6) is 5.75 Å². The number of aromatic nitrogens is 2. The van der Waals surface area contributed by atoms with Gasteiger partial charge in [0, 0.05) is 18.0 Å². The molecule has 1 aromatic heterocycles. The summed E-state index contributed by atoms with van der Waals surface area (Å²) in [6, 6.07) is 14.8. The molecule has 1 amide bonds. The first-order valence-electron chi connectivity index (χ1n) is 8.99. The van der Waals surface area contributed by atoms with Crippen LogP contribution in [-0.2, 0) is 4.79 Å². The molecule has 0 saturated carbocycles. The molecule has 0 spiro atoms. The minimum Gasteiger partial charge on any atom is -0.493 e. The lowest BCUT2D eigenvalue weighted by Crippen LogP contribution is -2.36. The lowest BCUT2D eigenvalue weighted by Gasteiger charge is -2.23. The third kappa shape index (κ3) is 3.69. The van der Waals surface area contributed by atoms with E-state index in [-0.39, 0.29) is 17.8 Å². The lowest BCUT2D eigenvalue weighted by molar-refractivity contribution is -0.124. The van der Waals surface area contributed by atoms with Gasteiger partial charge in [-0.2, -0.15) is 5.10 Å². The SMILES string of the molecule is O=C(NC1CCCOc2ccc(F)cc21)C(c1ccccc1)n1cccn1. The summed E-state index contributed by atoms with van der Waals surface area (Å²) in [5, 5.41) is 7.34. The molecule has 2 aromatic carbocycles. The highest BCUT2D eigenvalue weighted by Gasteiger charge is 2.28. The number of halogens is 1. The van der Waals surface area contributed by atoms with E-state index in [0.29, 0.717) is 24.3 Å². The van der Waals surface area contributed by atoms with E-state index in [4.69, 9.17) is 4.74 Å². The number of amides is 1. The minimum atomic E-state index is -0.595. The van der Waals surface area contributed by atoms with Gasteiger partial charge >= 0.3 is 0 Å². The van der Waals surface area contributed by atoms with Gasteiger partial charge in [-0.3, -0.25) is 9.48 Å². The Kier molecular flexibility index (Phi) is 4.87. The van der Waals surface area contributed by atoms with Crippen molar-refractivity contribution >= 4 is 5.91 Å². The van der Waals surface area contributed by atoms with Crippen LogP contribution in [0.1, 0.15) is 36.1 Å². The van der Waals surface area contributed by atoms with Gasteiger partial charge in [0.1, 0.15) is 11.6 Å². The first kappa shape index (κ1) is 17.3. The number of benzene rings is 2. The van der Waals surface area contributed by atoms with E-state index >= 15 is 0 Å². The zero-order chi connectivity index (χ0) is 18.6. The molecule has 2 heterocycles. The molecule has 27 heavy (non-hydrogen) atoms. The summed E-state index contributed by atoms with van der Waals surface area (Å²) in [7, 11) is 0. The molecular formula is C21H20FN3O2. The van der Waals surface area contributed by atoms with Crippen LogP contribution in [0.2, 0.25) is 0 Å². The van der Waals surface area contributed by atoms with Gasteiger partial charge in [-0.1, -0.05) is 30.3 Å². The van der Waals surface area contributed by atoms with E-state index < -0.39 is 6.04 Å². The van der Waals surface area contributed by atoms with Gasteiger partial charge in [0.15, 0.2) is 6.04 Å². The quantitative estimate of drug-likeness (QED) is 0.768. The predicted octanol–water partition coefficient (Wildman–Crippen LogP) is 3.64. The fourth-order valence-electron chi connectivity index (χ4n) is 3.44. The van der Waals surface area contributed by atoms with Crippen molar-refractivity contribution in [3.63, 3.8) is 0 Å². The topological polar surface area (TPSA) is 56.1 Å². The normalized spacial score (nSPS) is 17.3. The number of carbonyl (C=O) groups excluding carboxylic acids is 1. The zero-order valence-corrected chi connectivity index (χ0v) is 14.7. The van der Waals surface area contributed by atoms with E-state index in [1.165, 1.54) is 12.1 Å². The first-order chi connectivity index (χ1) is 13.2. The molecule has 1 N–H and O–H groups in total. The van der Waals surface area contributed by atoms with Crippen molar-refractivity contribution in [2.45, 2.75) is 24.9 Å². The summed E-state index contributed by atoms with van der Waals surface area (Å²) in [4.78, 5) is 13.2. The molecule has 0 saturated heterocycles. The van der Waals surface area contributed by atoms with Gasteiger partial charge in [-0.05, 0) is 42.7 Å². The van der Waals surface area contributed by atoms with Gasteiger partial charge < -0.3 is 10.1 Å². The number of hydrogen-bond donors (Lipinski definition) is 1. The Balaban J connectivity index is 1.65. The molecular weight excluding hydrogens is 345 g/mol. The summed E-state index contributed by atoms with van der Waals surface area (Å²) in [5.74, 6) is 0.0896. The second kappa shape index (κ2) is 7.61.